The average Bonchev–Trinajstić information content (AvgIpc) is 2.04. The van der Waals surface area contributed by atoms with Gasteiger partial charge in [0.1, 0.15) is 0 Å². The first kappa shape index (κ1) is 12.8. The van der Waals surface area contributed by atoms with Crippen LogP contribution in [0.1, 0.15) is 27.7 Å². The van der Waals surface area contributed by atoms with E-state index < -0.39 is 0 Å². The fraction of sp³-hybridized carbons (Fsp3) is 0.700. The summed E-state index contributed by atoms with van der Waals surface area (Å²) in [6.07, 6.45) is -0.628. The zero-order chi connectivity index (χ0) is 11.1. The van der Waals surface area contributed by atoms with Crippen molar-refractivity contribution < 1.29 is 9.53 Å². The monoisotopic (exact) mass is 200 g/mol. The number of nitrogens with one attached hydrogen (secondary N) is 1. The fourth-order valence-electron chi connectivity index (χ4n) is 1.08. The van der Waals surface area contributed by atoms with E-state index in [1.807, 2.05) is 20.8 Å². The molecule has 0 aromatic heterocycles. The summed E-state index contributed by atoms with van der Waals surface area (Å²) >= 11 is 0. The van der Waals surface area contributed by atoms with Crippen molar-refractivity contribution >= 4 is 6.09 Å². The number of rotatable bonds is 5. The first-order chi connectivity index (χ1) is 6.51. The molecule has 14 heavy (non-hydrogen) atoms. The predicted molar refractivity (Wildman–Crippen MR) is 56.8 cm³/mol. The number of nitrogens with zero attached hydrogens (tertiary/aromatic N) is 1. The van der Waals surface area contributed by atoms with Gasteiger partial charge in [0.2, 0.25) is 0 Å². The molecule has 4 nitrogen and oxygen atoms in total. The van der Waals surface area contributed by atoms with Gasteiger partial charge in [0.25, 0.3) is 0 Å². The van der Waals surface area contributed by atoms with Gasteiger partial charge in [-0.25, -0.2) is 4.79 Å². The smallest absolute Gasteiger partial charge is 0.411 e. The molecule has 0 radical (unpaired) electrons. The van der Waals surface area contributed by atoms with Crippen LogP contribution >= 0.6 is 0 Å². The van der Waals surface area contributed by atoms with E-state index in [-0.39, 0.29) is 12.3 Å². The van der Waals surface area contributed by atoms with Crippen LogP contribution in [0.5, 0.6) is 0 Å². The lowest BCUT2D eigenvalue weighted by molar-refractivity contribution is 0.0630. The maximum Gasteiger partial charge on any atom is 0.411 e. The van der Waals surface area contributed by atoms with Gasteiger partial charge in [-0.2, -0.15) is 0 Å². The fourth-order valence-corrected chi connectivity index (χ4v) is 1.08. The topological polar surface area (TPSA) is 41.6 Å². The normalized spacial score (nSPS) is 11.7. The second kappa shape index (κ2) is 6.29. The van der Waals surface area contributed by atoms with Crippen molar-refractivity contribution in [3.63, 3.8) is 0 Å². The molecule has 0 spiro atoms. The van der Waals surface area contributed by atoms with E-state index >= 15 is 0 Å². The third-order valence-corrected chi connectivity index (χ3v) is 1.75. The molecule has 0 bridgehead atoms. The van der Waals surface area contributed by atoms with E-state index in [0.717, 1.165) is 5.70 Å². The Hall–Kier alpha value is -1.19. The zero-order valence-corrected chi connectivity index (χ0v) is 9.46. The van der Waals surface area contributed by atoms with E-state index in [4.69, 9.17) is 4.74 Å². The maximum atomic E-state index is 11.4. The van der Waals surface area contributed by atoms with Crippen LogP contribution in [-0.4, -0.2) is 30.3 Å². The molecule has 4 heteroatoms. The Kier molecular flexibility index (Phi) is 5.76. The molecule has 0 aromatic rings. The molecule has 1 amide bonds. The Morgan fingerprint density at radius 1 is 1.50 bits per heavy atom. The molecule has 1 unspecified atom stereocenters. The van der Waals surface area contributed by atoms with E-state index in [1.54, 1.807) is 11.8 Å². The molecule has 0 aliphatic rings. The van der Waals surface area contributed by atoms with Crippen molar-refractivity contribution in [3.8, 4) is 0 Å². The van der Waals surface area contributed by atoms with Gasteiger partial charge in [0, 0.05) is 18.8 Å². The first-order valence-corrected chi connectivity index (χ1v) is 4.88. The highest BCUT2D eigenvalue weighted by Crippen LogP contribution is 1.97. The molecular weight excluding hydrogens is 180 g/mol. The largest absolute Gasteiger partial charge is 0.426 e. The van der Waals surface area contributed by atoms with Crippen LogP contribution in [0.15, 0.2) is 12.3 Å². The van der Waals surface area contributed by atoms with Crippen LogP contribution in [0.3, 0.4) is 0 Å². The number of carbonyl (C=O) groups is 1. The summed E-state index contributed by atoms with van der Waals surface area (Å²) in [5.41, 5.74) is 0.782. The van der Waals surface area contributed by atoms with Crippen molar-refractivity contribution in [2.75, 3.05) is 13.1 Å². The standard InChI is InChI=1S/C10H20N2O2/c1-6-12(7-2)10(13)14-9(5)11-8(3)4/h9,11H,3,6-7H2,1-2,4-5H3. The summed E-state index contributed by atoms with van der Waals surface area (Å²) in [4.78, 5) is 13.1. The quantitative estimate of drug-likeness (QED) is 0.689. The maximum absolute atomic E-state index is 11.4. The van der Waals surface area contributed by atoms with Crippen LogP contribution in [-0.2, 0) is 4.74 Å². The molecular formula is C10H20N2O2. The van der Waals surface area contributed by atoms with E-state index in [9.17, 15) is 4.79 Å². The highest BCUT2D eigenvalue weighted by molar-refractivity contribution is 5.67. The number of ether oxygens (including phenoxy) is 1. The second-order valence-corrected chi connectivity index (χ2v) is 3.12. The highest BCUT2D eigenvalue weighted by atomic mass is 16.6. The summed E-state index contributed by atoms with van der Waals surface area (Å²) in [6, 6.07) is 0. The summed E-state index contributed by atoms with van der Waals surface area (Å²) < 4.78 is 5.12. The van der Waals surface area contributed by atoms with Gasteiger partial charge in [0.05, 0.1) is 0 Å². The van der Waals surface area contributed by atoms with Gasteiger partial charge in [-0.05, 0) is 27.7 Å². The van der Waals surface area contributed by atoms with Gasteiger partial charge in [-0.1, -0.05) is 6.58 Å². The Morgan fingerprint density at radius 3 is 2.36 bits per heavy atom. The van der Waals surface area contributed by atoms with Crippen molar-refractivity contribution in [2.24, 2.45) is 0 Å². The third kappa shape index (κ3) is 4.74. The van der Waals surface area contributed by atoms with Gasteiger partial charge in [-0.3, -0.25) is 0 Å². The Balaban J connectivity index is 3.97. The summed E-state index contributed by atoms with van der Waals surface area (Å²) in [5.74, 6) is 0. The molecule has 0 saturated heterocycles. The van der Waals surface area contributed by atoms with Gasteiger partial charge in [0.15, 0.2) is 6.23 Å². The number of allylic oxidation sites excluding steroid dienone is 1. The summed E-state index contributed by atoms with van der Waals surface area (Å²) in [7, 11) is 0. The molecule has 1 N–H and O–H groups in total. The predicted octanol–water partition coefficient (Wildman–Crippen LogP) is 1.93. The van der Waals surface area contributed by atoms with Gasteiger partial charge in [-0.15, -0.1) is 0 Å². The SMILES string of the molecule is C=C(C)NC(C)OC(=O)N(CC)CC. The van der Waals surface area contributed by atoms with Crippen molar-refractivity contribution in [3.05, 3.63) is 12.3 Å². The zero-order valence-electron chi connectivity index (χ0n) is 9.46. The highest BCUT2D eigenvalue weighted by Gasteiger charge is 2.13. The number of hydrogen-bond donors (Lipinski definition) is 1. The molecule has 0 aliphatic heterocycles. The van der Waals surface area contributed by atoms with E-state index in [0.29, 0.717) is 13.1 Å². The Morgan fingerprint density at radius 2 is 2.00 bits per heavy atom. The minimum absolute atomic E-state index is 0.295. The number of hydrogen-bond acceptors (Lipinski definition) is 3. The lowest BCUT2D eigenvalue weighted by Crippen LogP contribution is -2.37. The average molecular weight is 200 g/mol. The van der Waals surface area contributed by atoms with Crippen molar-refractivity contribution in [1.29, 1.82) is 0 Å². The lowest BCUT2D eigenvalue weighted by atomic mass is 10.5. The van der Waals surface area contributed by atoms with E-state index in [1.165, 1.54) is 0 Å². The van der Waals surface area contributed by atoms with Crippen LogP contribution in [0, 0.1) is 0 Å². The van der Waals surface area contributed by atoms with Crippen molar-refractivity contribution in [1.82, 2.24) is 10.2 Å². The molecule has 0 aliphatic carbocycles. The molecule has 0 saturated carbocycles. The first-order valence-electron chi connectivity index (χ1n) is 4.88. The third-order valence-electron chi connectivity index (χ3n) is 1.75. The number of carbonyl (C=O) groups excluding carboxylic acids is 1. The molecule has 0 fully saturated rings. The van der Waals surface area contributed by atoms with Crippen LogP contribution < -0.4 is 5.32 Å². The van der Waals surface area contributed by atoms with Gasteiger partial charge < -0.3 is 15.0 Å². The minimum Gasteiger partial charge on any atom is -0.426 e. The lowest BCUT2D eigenvalue weighted by Gasteiger charge is -2.22. The molecule has 0 rings (SSSR count). The molecule has 0 aromatic carbocycles. The van der Waals surface area contributed by atoms with Crippen LogP contribution in [0.2, 0.25) is 0 Å². The minimum atomic E-state index is -0.333. The van der Waals surface area contributed by atoms with Gasteiger partial charge >= 0.3 is 6.09 Å². The summed E-state index contributed by atoms with van der Waals surface area (Å²) in [5, 5.41) is 2.91. The van der Waals surface area contributed by atoms with Crippen molar-refractivity contribution in [2.45, 2.75) is 33.9 Å². The van der Waals surface area contributed by atoms with Crippen LogP contribution in [0.4, 0.5) is 4.79 Å². The number of amides is 1. The summed E-state index contributed by atoms with van der Waals surface area (Å²) in [6.45, 7) is 12.4. The Bertz CT molecular complexity index is 200. The second-order valence-electron chi connectivity index (χ2n) is 3.12. The van der Waals surface area contributed by atoms with Crippen LogP contribution in [0.25, 0.3) is 0 Å². The Labute approximate surface area is 85.9 Å². The molecule has 1 atom stereocenters. The molecule has 0 heterocycles. The molecule has 82 valence electrons. The van der Waals surface area contributed by atoms with E-state index in [2.05, 4.69) is 11.9 Å².